The number of nitrogens with zero attached hydrogens (tertiary/aromatic N) is 2. The van der Waals surface area contributed by atoms with E-state index in [0.717, 1.165) is 37.4 Å². The summed E-state index contributed by atoms with van der Waals surface area (Å²) >= 11 is 0. The average molecular weight is 311 g/mol. The average Bonchev–Trinajstić information content (AvgIpc) is 2.97. The molecule has 1 atom stereocenters. The highest BCUT2D eigenvalue weighted by Gasteiger charge is 2.22. The summed E-state index contributed by atoms with van der Waals surface area (Å²) in [7, 11) is 0. The molecule has 0 bridgehead atoms. The number of benzene rings is 1. The van der Waals surface area contributed by atoms with Crippen molar-refractivity contribution in [3.05, 3.63) is 72.2 Å². The van der Waals surface area contributed by atoms with Crippen LogP contribution >= 0.6 is 0 Å². The molecule has 1 saturated heterocycles. The molecular formula is C19H22FN3. The van der Waals surface area contributed by atoms with Gasteiger partial charge in [-0.2, -0.15) is 0 Å². The highest BCUT2D eigenvalue weighted by molar-refractivity contribution is 5.37. The van der Waals surface area contributed by atoms with E-state index in [1.165, 1.54) is 5.56 Å². The van der Waals surface area contributed by atoms with E-state index < -0.39 is 0 Å². The number of aromatic nitrogens is 1. The topological polar surface area (TPSA) is 28.2 Å². The molecule has 0 unspecified atom stereocenters. The van der Waals surface area contributed by atoms with Gasteiger partial charge in [0.1, 0.15) is 5.82 Å². The zero-order valence-electron chi connectivity index (χ0n) is 13.2. The second-order valence-electron chi connectivity index (χ2n) is 6.10. The Kier molecular flexibility index (Phi) is 5.03. The third-order valence-corrected chi connectivity index (χ3v) is 4.09. The lowest BCUT2D eigenvalue weighted by Crippen LogP contribution is -2.26. The lowest BCUT2D eigenvalue weighted by atomic mass is 10.2. The van der Waals surface area contributed by atoms with Gasteiger partial charge in [-0.05, 0) is 23.6 Å². The van der Waals surface area contributed by atoms with E-state index in [1.54, 1.807) is 6.20 Å². The van der Waals surface area contributed by atoms with Crippen molar-refractivity contribution in [3.63, 3.8) is 0 Å². The van der Waals surface area contributed by atoms with Crippen molar-refractivity contribution < 1.29 is 4.39 Å². The molecule has 0 aliphatic carbocycles. The van der Waals surface area contributed by atoms with Crippen molar-refractivity contribution in [2.75, 3.05) is 18.4 Å². The molecule has 4 heteroatoms. The summed E-state index contributed by atoms with van der Waals surface area (Å²) in [6, 6.07) is 14.8. The summed E-state index contributed by atoms with van der Waals surface area (Å²) in [5.74, 6) is 0.518. The molecule has 0 saturated carbocycles. The number of nitrogens with one attached hydrogen (secondary N) is 1. The Labute approximate surface area is 136 Å². The van der Waals surface area contributed by atoms with E-state index in [2.05, 4.69) is 46.0 Å². The molecule has 23 heavy (non-hydrogen) atoms. The van der Waals surface area contributed by atoms with Crippen LogP contribution in [0.5, 0.6) is 0 Å². The summed E-state index contributed by atoms with van der Waals surface area (Å²) in [5, 5.41) is 3.47. The van der Waals surface area contributed by atoms with Crippen LogP contribution in [0.25, 0.3) is 0 Å². The molecule has 2 heterocycles. The Morgan fingerprint density at radius 3 is 2.74 bits per heavy atom. The van der Waals surface area contributed by atoms with Gasteiger partial charge in [0.15, 0.2) is 0 Å². The molecule has 1 N–H and O–H groups in total. The Morgan fingerprint density at radius 1 is 1.22 bits per heavy atom. The quantitative estimate of drug-likeness (QED) is 0.879. The first-order valence-electron chi connectivity index (χ1n) is 8.00. The van der Waals surface area contributed by atoms with Crippen LogP contribution in [-0.4, -0.2) is 29.0 Å². The minimum Gasteiger partial charge on any atom is -0.366 e. The molecule has 120 valence electrons. The lowest BCUT2D eigenvalue weighted by Gasteiger charge is -2.17. The Morgan fingerprint density at radius 2 is 2.04 bits per heavy atom. The second-order valence-corrected chi connectivity index (χ2v) is 6.10. The Hall–Kier alpha value is -2.20. The Balaban J connectivity index is 1.50. The maximum Gasteiger partial charge on any atom is 0.126 e. The summed E-state index contributed by atoms with van der Waals surface area (Å²) < 4.78 is 12.8. The van der Waals surface area contributed by atoms with E-state index in [1.807, 2.05) is 18.2 Å². The number of allylic oxidation sites excluding steroid dienone is 1. The number of anilines is 1. The van der Waals surface area contributed by atoms with E-state index in [-0.39, 0.29) is 12.2 Å². The number of hydrogen-bond acceptors (Lipinski definition) is 3. The molecule has 2 aromatic rings. The molecule has 0 amide bonds. The number of hydrogen-bond donors (Lipinski definition) is 1. The first-order chi connectivity index (χ1) is 11.2. The first-order valence-corrected chi connectivity index (χ1v) is 8.00. The molecule has 1 aliphatic heterocycles. The van der Waals surface area contributed by atoms with Crippen molar-refractivity contribution in [2.45, 2.75) is 25.4 Å². The summed E-state index contributed by atoms with van der Waals surface area (Å²) in [4.78, 5) is 6.82. The fraction of sp³-hybridized carbons (Fsp3) is 0.316. The van der Waals surface area contributed by atoms with Crippen LogP contribution in [-0.2, 0) is 13.0 Å². The third kappa shape index (κ3) is 4.63. The van der Waals surface area contributed by atoms with Crippen LogP contribution in [0.2, 0.25) is 0 Å². The van der Waals surface area contributed by atoms with Crippen molar-refractivity contribution >= 4 is 5.82 Å². The van der Waals surface area contributed by atoms with Crippen molar-refractivity contribution in [3.8, 4) is 0 Å². The van der Waals surface area contributed by atoms with Crippen LogP contribution in [0.4, 0.5) is 10.2 Å². The maximum atomic E-state index is 12.8. The predicted octanol–water partition coefficient (Wildman–Crippen LogP) is 3.79. The van der Waals surface area contributed by atoms with Crippen molar-refractivity contribution in [2.24, 2.45) is 0 Å². The molecular weight excluding hydrogens is 289 g/mol. The molecule has 0 radical (unpaired) electrons. The monoisotopic (exact) mass is 311 g/mol. The lowest BCUT2D eigenvalue weighted by molar-refractivity contribution is 0.328. The van der Waals surface area contributed by atoms with Gasteiger partial charge in [-0.15, -0.1) is 0 Å². The molecule has 0 spiro atoms. The van der Waals surface area contributed by atoms with E-state index in [0.29, 0.717) is 6.04 Å². The van der Waals surface area contributed by atoms with E-state index >= 15 is 0 Å². The highest BCUT2D eigenvalue weighted by Crippen LogP contribution is 2.17. The van der Waals surface area contributed by atoms with Crippen LogP contribution < -0.4 is 5.32 Å². The number of halogens is 1. The largest absolute Gasteiger partial charge is 0.366 e. The zero-order valence-corrected chi connectivity index (χ0v) is 13.2. The first kappa shape index (κ1) is 15.7. The third-order valence-electron chi connectivity index (χ3n) is 4.09. The molecule has 1 fully saturated rings. The summed E-state index contributed by atoms with van der Waals surface area (Å²) in [5.41, 5.74) is 2.20. The van der Waals surface area contributed by atoms with Gasteiger partial charge in [-0.3, -0.25) is 4.90 Å². The van der Waals surface area contributed by atoms with Crippen LogP contribution in [0.15, 0.2) is 61.1 Å². The van der Waals surface area contributed by atoms with Crippen molar-refractivity contribution in [1.82, 2.24) is 9.88 Å². The fourth-order valence-corrected chi connectivity index (χ4v) is 2.98. The van der Waals surface area contributed by atoms with E-state index in [4.69, 9.17) is 0 Å². The van der Waals surface area contributed by atoms with Gasteiger partial charge < -0.3 is 5.32 Å². The van der Waals surface area contributed by atoms with Crippen LogP contribution in [0, 0.1) is 0 Å². The number of pyridine rings is 1. The van der Waals surface area contributed by atoms with Gasteiger partial charge in [-0.25, -0.2) is 9.37 Å². The SMILES string of the molecule is C=C(F)Cc1ccc(N[C@@H]2CCN(Cc3ccccc3)C2)nc1. The molecule has 3 rings (SSSR count). The highest BCUT2D eigenvalue weighted by atomic mass is 19.1. The van der Waals surface area contributed by atoms with Crippen LogP contribution in [0.3, 0.4) is 0 Å². The van der Waals surface area contributed by atoms with Crippen molar-refractivity contribution in [1.29, 1.82) is 0 Å². The normalized spacial score (nSPS) is 18.0. The summed E-state index contributed by atoms with van der Waals surface area (Å²) in [6.45, 7) is 6.38. The van der Waals surface area contributed by atoms with Gasteiger partial charge in [0, 0.05) is 38.3 Å². The molecule has 1 aromatic heterocycles. The zero-order chi connectivity index (χ0) is 16.1. The number of likely N-dealkylation sites (tertiary alicyclic amines) is 1. The Bertz CT molecular complexity index is 639. The summed E-state index contributed by atoms with van der Waals surface area (Å²) in [6.07, 6.45) is 3.06. The minimum absolute atomic E-state index is 0.238. The van der Waals surface area contributed by atoms with Gasteiger partial charge in [0.05, 0.1) is 5.83 Å². The van der Waals surface area contributed by atoms with Gasteiger partial charge in [-0.1, -0.05) is 43.0 Å². The predicted molar refractivity (Wildman–Crippen MR) is 91.9 cm³/mol. The molecule has 1 aliphatic rings. The molecule has 3 nitrogen and oxygen atoms in total. The maximum absolute atomic E-state index is 12.8. The van der Waals surface area contributed by atoms with Gasteiger partial charge in [0.25, 0.3) is 0 Å². The minimum atomic E-state index is -0.333. The number of rotatable bonds is 6. The standard InChI is InChI=1S/C19H22FN3/c1-15(20)11-17-7-8-19(21-12-17)22-18-9-10-23(14-18)13-16-5-3-2-4-6-16/h2-8,12,18H,1,9-11,13-14H2,(H,21,22)/t18-/m1/s1. The fourth-order valence-electron chi connectivity index (χ4n) is 2.98. The smallest absolute Gasteiger partial charge is 0.126 e. The second kappa shape index (κ2) is 7.38. The molecule has 1 aromatic carbocycles. The van der Waals surface area contributed by atoms with E-state index in [9.17, 15) is 4.39 Å². The van der Waals surface area contributed by atoms with Gasteiger partial charge in [0.2, 0.25) is 0 Å². The van der Waals surface area contributed by atoms with Crippen LogP contribution in [0.1, 0.15) is 17.5 Å². The van der Waals surface area contributed by atoms with Gasteiger partial charge >= 0.3 is 0 Å².